The molecule has 0 radical (unpaired) electrons. The highest BCUT2D eigenvalue weighted by Gasteiger charge is 2.19. The first-order valence-electron chi connectivity index (χ1n) is 7.59. The van der Waals surface area contributed by atoms with Crippen LogP contribution in [0.5, 0.6) is 5.75 Å². The van der Waals surface area contributed by atoms with Crippen LogP contribution in [-0.4, -0.2) is 22.8 Å². The summed E-state index contributed by atoms with van der Waals surface area (Å²) in [6.07, 6.45) is 8.17. The minimum atomic E-state index is -0.868. The second-order valence-corrected chi connectivity index (χ2v) is 5.89. The van der Waals surface area contributed by atoms with E-state index in [4.69, 9.17) is 4.74 Å². The Bertz CT molecular complexity index is 653. The molecule has 1 aromatic heterocycles. The molecule has 1 saturated carbocycles. The molecule has 0 amide bonds. The standard InChI is InChI=1S/C17H21NO3/c1-21-13-7-8-14-15(17(19)20)11-18(16(14)9-13)10-12-5-3-2-4-6-12/h7-9,11-12H,2-6,10H2,1H3,(H,19,20). The maximum absolute atomic E-state index is 11.4. The van der Waals surface area contributed by atoms with Gasteiger partial charge in [0.25, 0.3) is 0 Å². The molecule has 0 atom stereocenters. The number of rotatable bonds is 4. The van der Waals surface area contributed by atoms with E-state index in [0.29, 0.717) is 11.5 Å². The van der Waals surface area contributed by atoms with Crippen LogP contribution >= 0.6 is 0 Å². The Morgan fingerprint density at radius 3 is 2.76 bits per heavy atom. The van der Waals surface area contributed by atoms with Crippen molar-refractivity contribution < 1.29 is 14.6 Å². The van der Waals surface area contributed by atoms with E-state index in [0.717, 1.165) is 23.2 Å². The molecule has 3 rings (SSSR count). The molecule has 1 aliphatic rings. The van der Waals surface area contributed by atoms with Gasteiger partial charge < -0.3 is 14.4 Å². The molecule has 1 heterocycles. The summed E-state index contributed by atoms with van der Waals surface area (Å²) in [4.78, 5) is 11.4. The van der Waals surface area contributed by atoms with Crippen molar-refractivity contribution in [1.82, 2.24) is 4.57 Å². The number of carboxylic acid groups (broad SMARTS) is 1. The molecule has 1 fully saturated rings. The van der Waals surface area contributed by atoms with Gasteiger partial charge in [-0.25, -0.2) is 4.79 Å². The number of fused-ring (bicyclic) bond motifs is 1. The van der Waals surface area contributed by atoms with Crippen molar-refractivity contribution in [3.8, 4) is 5.75 Å². The molecule has 112 valence electrons. The Hall–Kier alpha value is -1.97. The molecule has 2 aromatic rings. The van der Waals surface area contributed by atoms with Crippen LogP contribution in [0.4, 0.5) is 0 Å². The lowest BCUT2D eigenvalue weighted by molar-refractivity contribution is 0.0698. The molecular formula is C17H21NO3. The summed E-state index contributed by atoms with van der Waals surface area (Å²) in [7, 11) is 1.63. The van der Waals surface area contributed by atoms with Crippen molar-refractivity contribution in [2.24, 2.45) is 5.92 Å². The normalized spacial score (nSPS) is 16.2. The Morgan fingerprint density at radius 1 is 1.33 bits per heavy atom. The fourth-order valence-electron chi connectivity index (χ4n) is 3.37. The summed E-state index contributed by atoms with van der Waals surface area (Å²) in [5.74, 6) is 0.553. The number of ether oxygens (including phenoxy) is 1. The fraction of sp³-hybridized carbons (Fsp3) is 0.471. The highest BCUT2D eigenvalue weighted by molar-refractivity contribution is 6.03. The Balaban J connectivity index is 2.00. The summed E-state index contributed by atoms with van der Waals surface area (Å²) >= 11 is 0. The zero-order valence-corrected chi connectivity index (χ0v) is 12.3. The van der Waals surface area contributed by atoms with Crippen LogP contribution in [0.15, 0.2) is 24.4 Å². The summed E-state index contributed by atoms with van der Waals surface area (Å²) in [6.45, 7) is 0.900. The van der Waals surface area contributed by atoms with E-state index < -0.39 is 5.97 Å². The number of hydrogen-bond acceptors (Lipinski definition) is 2. The SMILES string of the molecule is COc1ccc2c(C(=O)O)cn(CC3CCCCC3)c2c1. The highest BCUT2D eigenvalue weighted by Crippen LogP contribution is 2.30. The van der Waals surface area contributed by atoms with E-state index in [9.17, 15) is 9.90 Å². The van der Waals surface area contributed by atoms with E-state index in [-0.39, 0.29) is 0 Å². The number of aromatic carboxylic acids is 1. The first-order chi connectivity index (χ1) is 10.2. The number of nitrogens with zero attached hydrogens (tertiary/aromatic N) is 1. The Morgan fingerprint density at radius 2 is 2.10 bits per heavy atom. The predicted octanol–water partition coefficient (Wildman–Crippen LogP) is 3.93. The van der Waals surface area contributed by atoms with E-state index in [2.05, 4.69) is 4.57 Å². The van der Waals surface area contributed by atoms with Gasteiger partial charge in [0, 0.05) is 24.2 Å². The van der Waals surface area contributed by atoms with E-state index >= 15 is 0 Å². The molecule has 0 aliphatic heterocycles. The van der Waals surface area contributed by atoms with Crippen LogP contribution in [0.25, 0.3) is 10.9 Å². The number of hydrogen-bond donors (Lipinski definition) is 1. The molecule has 4 heteroatoms. The molecule has 0 spiro atoms. The first-order valence-corrected chi connectivity index (χ1v) is 7.59. The van der Waals surface area contributed by atoms with E-state index in [1.54, 1.807) is 13.3 Å². The molecule has 1 N–H and O–H groups in total. The van der Waals surface area contributed by atoms with Gasteiger partial charge in [0.2, 0.25) is 0 Å². The molecule has 0 bridgehead atoms. The third-order valence-electron chi connectivity index (χ3n) is 4.50. The van der Waals surface area contributed by atoms with Crippen molar-refractivity contribution in [2.75, 3.05) is 7.11 Å². The molecule has 0 unspecified atom stereocenters. The molecule has 1 aliphatic carbocycles. The minimum absolute atomic E-state index is 0.378. The van der Waals surface area contributed by atoms with Crippen LogP contribution in [0.1, 0.15) is 42.5 Å². The van der Waals surface area contributed by atoms with Crippen LogP contribution in [0.2, 0.25) is 0 Å². The zero-order chi connectivity index (χ0) is 14.8. The fourth-order valence-corrected chi connectivity index (χ4v) is 3.37. The summed E-state index contributed by atoms with van der Waals surface area (Å²) in [5, 5.41) is 10.2. The van der Waals surface area contributed by atoms with E-state index in [1.807, 2.05) is 18.2 Å². The summed E-state index contributed by atoms with van der Waals surface area (Å²) in [5.41, 5.74) is 1.33. The topological polar surface area (TPSA) is 51.5 Å². The number of carbonyl (C=O) groups is 1. The molecule has 21 heavy (non-hydrogen) atoms. The van der Waals surface area contributed by atoms with Gasteiger partial charge in [0.05, 0.1) is 18.2 Å². The first kappa shape index (κ1) is 14.0. The minimum Gasteiger partial charge on any atom is -0.497 e. The monoisotopic (exact) mass is 287 g/mol. The van der Waals surface area contributed by atoms with Crippen LogP contribution < -0.4 is 4.74 Å². The van der Waals surface area contributed by atoms with Crippen LogP contribution in [0.3, 0.4) is 0 Å². The van der Waals surface area contributed by atoms with Gasteiger partial charge in [0.15, 0.2) is 0 Å². The average Bonchev–Trinajstić information content (AvgIpc) is 2.86. The molecular weight excluding hydrogens is 266 g/mol. The quantitative estimate of drug-likeness (QED) is 0.927. The smallest absolute Gasteiger partial charge is 0.337 e. The Labute approximate surface area is 124 Å². The van der Waals surface area contributed by atoms with Crippen LogP contribution in [-0.2, 0) is 6.54 Å². The second-order valence-electron chi connectivity index (χ2n) is 5.89. The van der Waals surface area contributed by atoms with Gasteiger partial charge in [-0.2, -0.15) is 0 Å². The number of benzene rings is 1. The maximum Gasteiger partial charge on any atom is 0.337 e. The van der Waals surface area contributed by atoms with Crippen LogP contribution in [0, 0.1) is 5.92 Å². The highest BCUT2D eigenvalue weighted by atomic mass is 16.5. The Kier molecular flexibility index (Phi) is 3.86. The zero-order valence-electron chi connectivity index (χ0n) is 12.3. The van der Waals surface area contributed by atoms with Gasteiger partial charge in [-0.15, -0.1) is 0 Å². The lowest BCUT2D eigenvalue weighted by Gasteiger charge is -2.22. The summed E-state index contributed by atoms with van der Waals surface area (Å²) < 4.78 is 7.37. The number of methoxy groups -OCH3 is 1. The van der Waals surface area contributed by atoms with Gasteiger partial charge in [-0.3, -0.25) is 0 Å². The molecule has 4 nitrogen and oxygen atoms in total. The van der Waals surface area contributed by atoms with Gasteiger partial charge in [0.1, 0.15) is 5.75 Å². The van der Waals surface area contributed by atoms with Gasteiger partial charge in [-0.1, -0.05) is 19.3 Å². The largest absolute Gasteiger partial charge is 0.497 e. The third kappa shape index (κ3) is 2.75. The van der Waals surface area contributed by atoms with Crippen molar-refractivity contribution in [3.63, 3.8) is 0 Å². The predicted molar refractivity (Wildman–Crippen MR) is 82.0 cm³/mol. The second kappa shape index (κ2) is 5.80. The van der Waals surface area contributed by atoms with Crippen molar-refractivity contribution in [2.45, 2.75) is 38.6 Å². The number of aromatic nitrogens is 1. The van der Waals surface area contributed by atoms with Gasteiger partial charge in [-0.05, 0) is 30.9 Å². The average molecular weight is 287 g/mol. The number of carboxylic acids is 1. The maximum atomic E-state index is 11.4. The van der Waals surface area contributed by atoms with Crippen molar-refractivity contribution in [3.05, 3.63) is 30.0 Å². The lowest BCUT2D eigenvalue weighted by Crippen LogP contribution is -2.13. The van der Waals surface area contributed by atoms with Gasteiger partial charge >= 0.3 is 5.97 Å². The van der Waals surface area contributed by atoms with E-state index in [1.165, 1.54) is 32.1 Å². The van der Waals surface area contributed by atoms with Crippen molar-refractivity contribution in [1.29, 1.82) is 0 Å². The molecule has 0 saturated heterocycles. The third-order valence-corrected chi connectivity index (χ3v) is 4.50. The lowest BCUT2D eigenvalue weighted by atomic mass is 9.89. The van der Waals surface area contributed by atoms with Crippen molar-refractivity contribution >= 4 is 16.9 Å². The molecule has 1 aromatic carbocycles. The summed E-state index contributed by atoms with van der Waals surface area (Å²) in [6, 6.07) is 5.60.